The number of rotatable bonds is 6. The Morgan fingerprint density at radius 2 is 1.70 bits per heavy atom. The number of aromatic nitrogens is 1. The van der Waals surface area contributed by atoms with Crippen molar-refractivity contribution < 1.29 is 9.47 Å². The second-order valence-corrected chi connectivity index (χ2v) is 4.66. The van der Waals surface area contributed by atoms with E-state index >= 15 is 0 Å². The highest BCUT2D eigenvalue weighted by Gasteiger charge is 2.13. The zero-order chi connectivity index (χ0) is 14.5. The van der Waals surface area contributed by atoms with E-state index in [9.17, 15) is 4.79 Å². The van der Waals surface area contributed by atoms with Gasteiger partial charge in [0.05, 0.1) is 0 Å². The van der Waals surface area contributed by atoms with Gasteiger partial charge in [-0.25, -0.2) is 0 Å². The Morgan fingerprint density at radius 1 is 1.10 bits per heavy atom. The number of benzene rings is 1. The van der Waals surface area contributed by atoms with Crippen LogP contribution in [0.1, 0.15) is 19.4 Å². The highest BCUT2D eigenvalue weighted by atomic mass is 16.7. The number of hydrogen-bond donors (Lipinski definition) is 0. The topological polar surface area (TPSA) is 40.5 Å². The van der Waals surface area contributed by atoms with Gasteiger partial charge >= 0.3 is 0 Å². The van der Waals surface area contributed by atoms with Crippen molar-refractivity contribution in [2.24, 2.45) is 7.05 Å². The Bertz CT molecular complexity index is 627. The summed E-state index contributed by atoms with van der Waals surface area (Å²) < 4.78 is 12.8. The van der Waals surface area contributed by atoms with Gasteiger partial charge in [0.2, 0.25) is 0 Å². The number of nitrogens with zero attached hydrogens (tertiary/aromatic N) is 1. The average molecular weight is 275 g/mol. The Labute approximate surface area is 118 Å². The molecule has 4 heteroatoms. The molecule has 4 nitrogen and oxygen atoms in total. The molecule has 1 aromatic heterocycles. The van der Waals surface area contributed by atoms with E-state index in [1.54, 1.807) is 11.6 Å². The van der Waals surface area contributed by atoms with Crippen molar-refractivity contribution in [3.63, 3.8) is 0 Å². The molecule has 20 heavy (non-hydrogen) atoms. The van der Waals surface area contributed by atoms with Gasteiger partial charge in [0.25, 0.3) is 5.56 Å². The molecule has 108 valence electrons. The van der Waals surface area contributed by atoms with E-state index in [-0.39, 0.29) is 11.8 Å². The zero-order valence-electron chi connectivity index (χ0n) is 12.3. The zero-order valence-corrected chi connectivity index (χ0v) is 12.3. The molecule has 0 fully saturated rings. The fraction of sp³-hybridized carbons (Fsp3) is 0.438. The Hall–Kier alpha value is -1.65. The maximum atomic E-state index is 12.1. The lowest BCUT2D eigenvalue weighted by Crippen LogP contribution is -2.23. The van der Waals surface area contributed by atoms with Gasteiger partial charge in [0, 0.05) is 38.3 Å². The van der Waals surface area contributed by atoms with Crippen molar-refractivity contribution >= 4 is 10.8 Å². The van der Waals surface area contributed by atoms with Crippen LogP contribution in [0.15, 0.2) is 35.3 Å². The Morgan fingerprint density at radius 3 is 2.30 bits per heavy atom. The summed E-state index contributed by atoms with van der Waals surface area (Å²) in [6, 6.07) is 7.66. The molecule has 0 saturated carbocycles. The molecule has 1 aromatic carbocycles. The summed E-state index contributed by atoms with van der Waals surface area (Å²) >= 11 is 0. The fourth-order valence-electron chi connectivity index (χ4n) is 2.38. The summed E-state index contributed by atoms with van der Waals surface area (Å²) in [6.45, 7) is 5.11. The second kappa shape index (κ2) is 6.68. The predicted octanol–water partition coefficient (Wildman–Crippen LogP) is 2.48. The summed E-state index contributed by atoms with van der Waals surface area (Å²) in [5.74, 6) is 0. The third kappa shape index (κ3) is 3.08. The minimum atomic E-state index is -0.272. The lowest BCUT2D eigenvalue weighted by atomic mass is 10.0. The number of hydrogen-bond acceptors (Lipinski definition) is 3. The van der Waals surface area contributed by atoms with Crippen LogP contribution < -0.4 is 5.56 Å². The minimum absolute atomic E-state index is 0.0220. The average Bonchev–Trinajstić information content (AvgIpc) is 2.45. The quantitative estimate of drug-likeness (QED) is 0.760. The van der Waals surface area contributed by atoms with E-state index in [0.29, 0.717) is 19.6 Å². The Kier molecular flexibility index (Phi) is 4.93. The van der Waals surface area contributed by atoms with Gasteiger partial charge in [-0.1, -0.05) is 18.2 Å². The standard InChI is InChI=1S/C16H21NO3/c1-4-19-15(20-5-2)10-12-11-17(3)16(18)14-9-7-6-8-13(12)14/h6-9,11,15H,4-5,10H2,1-3H3. The van der Waals surface area contributed by atoms with Crippen LogP contribution in [0.4, 0.5) is 0 Å². The van der Waals surface area contributed by atoms with E-state index in [2.05, 4.69) is 0 Å². The first kappa shape index (κ1) is 14.8. The first-order chi connectivity index (χ1) is 9.67. The van der Waals surface area contributed by atoms with Crippen molar-refractivity contribution in [3.05, 3.63) is 46.4 Å². The van der Waals surface area contributed by atoms with Gasteiger partial charge in [-0.2, -0.15) is 0 Å². The van der Waals surface area contributed by atoms with Crippen LogP contribution in [0.5, 0.6) is 0 Å². The first-order valence-electron chi connectivity index (χ1n) is 6.97. The summed E-state index contributed by atoms with van der Waals surface area (Å²) in [4.78, 5) is 12.1. The molecule has 2 rings (SSSR count). The van der Waals surface area contributed by atoms with E-state index in [4.69, 9.17) is 9.47 Å². The summed E-state index contributed by atoms with van der Waals surface area (Å²) in [5.41, 5.74) is 1.09. The van der Waals surface area contributed by atoms with Gasteiger partial charge in [0.15, 0.2) is 6.29 Å². The molecule has 0 aliphatic rings. The predicted molar refractivity (Wildman–Crippen MR) is 79.9 cm³/mol. The van der Waals surface area contributed by atoms with Crippen LogP contribution in [0.2, 0.25) is 0 Å². The number of fused-ring (bicyclic) bond motifs is 1. The second-order valence-electron chi connectivity index (χ2n) is 4.66. The molecule has 0 unspecified atom stereocenters. The smallest absolute Gasteiger partial charge is 0.258 e. The van der Waals surface area contributed by atoms with Crippen LogP contribution in [-0.4, -0.2) is 24.1 Å². The summed E-state index contributed by atoms with van der Waals surface area (Å²) in [7, 11) is 1.77. The van der Waals surface area contributed by atoms with Crippen molar-refractivity contribution in [1.82, 2.24) is 4.57 Å². The van der Waals surface area contributed by atoms with Crippen LogP contribution in [-0.2, 0) is 22.9 Å². The maximum absolute atomic E-state index is 12.1. The van der Waals surface area contributed by atoms with Gasteiger partial charge in [0.1, 0.15) is 0 Å². The number of ether oxygens (including phenoxy) is 2. The minimum Gasteiger partial charge on any atom is -0.353 e. The lowest BCUT2D eigenvalue weighted by molar-refractivity contribution is -0.134. The Balaban J connectivity index is 2.43. The molecule has 0 spiro atoms. The van der Waals surface area contributed by atoms with Crippen LogP contribution in [0.25, 0.3) is 10.8 Å². The van der Waals surface area contributed by atoms with Gasteiger partial charge in [-0.15, -0.1) is 0 Å². The first-order valence-corrected chi connectivity index (χ1v) is 6.97. The molecular weight excluding hydrogens is 254 g/mol. The van der Waals surface area contributed by atoms with Crippen molar-refractivity contribution in [2.45, 2.75) is 26.6 Å². The molecule has 1 heterocycles. The SMILES string of the molecule is CCOC(Cc1cn(C)c(=O)c2ccccc12)OCC. The summed E-state index contributed by atoms with van der Waals surface area (Å²) in [5, 5.41) is 1.71. The third-order valence-corrected chi connectivity index (χ3v) is 3.26. The van der Waals surface area contributed by atoms with E-state index in [1.165, 1.54) is 0 Å². The van der Waals surface area contributed by atoms with E-state index in [0.717, 1.165) is 16.3 Å². The molecule has 0 amide bonds. The number of pyridine rings is 1. The largest absolute Gasteiger partial charge is 0.353 e. The molecule has 0 atom stereocenters. The summed E-state index contributed by atoms with van der Waals surface area (Å²) in [6.07, 6.45) is 2.23. The third-order valence-electron chi connectivity index (χ3n) is 3.26. The van der Waals surface area contributed by atoms with Crippen LogP contribution >= 0.6 is 0 Å². The van der Waals surface area contributed by atoms with Crippen LogP contribution in [0.3, 0.4) is 0 Å². The van der Waals surface area contributed by atoms with Crippen molar-refractivity contribution in [1.29, 1.82) is 0 Å². The van der Waals surface area contributed by atoms with Gasteiger partial charge < -0.3 is 14.0 Å². The van der Waals surface area contributed by atoms with E-state index in [1.807, 2.05) is 44.3 Å². The molecule has 0 saturated heterocycles. The molecule has 2 aromatic rings. The molecule has 0 N–H and O–H groups in total. The van der Waals surface area contributed by atoms with Gasteiger partial charge in [-0.05, 0) is 30.9 Å². The highest BCUT2D eigenvalue weighted by Crippen LogP contribution is 2.18. The van der Waals surface area contributed by atoms with E-state index < -0.39 is 0 Å². The maximum Gasteiger partial charge on any atom is 0.258 e. The van der Waals surface area contributed by atoms with Crippen LogP contribution in [0, 0.1) is 0 Å². The molecule has 0 radical (unpaired) electrons. The van der Waals surface area contributed by atoms with Crippen molar-refractivity contribution in [3.8, 4) is 0 Å². The molecule has 0 aliphatic heterocycles. The normalized spacial score (nSPS) is 11.4. The van der Waals surface area contributed by atoms with Gasteiger partial charge in [-0.3, -0.25) is 4.79 Å². The highest BCUT2D eigenvalue weighted by molar-refractivity contribution is 5.84. The van der Waals surface area contributed by atoms with Crippen molar-refractivity contribution in [2.75, 3.05) is 13.2 Å². The fourth-order valence-corrected chi connectivity index (χ4v) is 2.38. The molecule has 0 aliphatic carbocycles. The molecular formula is C16H21NO3. The molecule has 0 bridgehead atoms. The number of aryl methyl sites for hydroxylation is 1. The lowest BCUT2D eigenvalue weighted by Gasteiger charge is -2.18. The monoisotopic (exact) mass is 275 g/mol.